The van der Waals surface area contributed by atoms with Crippen molar-refractivity contribution >= 4 is 50.9 Å². The van der Waals surface area contributed by atoms with Gasteiger partial charge < -0.3 is 9.15 Å². The molecule has 0 N–H and O–H groups in total. The van der Waals surface area contributed by atoms with Gasteiger partial charge in [-0.3, -0.25) is 14.5 Å². The number of aryl methyl sites for hydroxylation is 1. The normalized spacial score (nSPS) is 15.4. The Bertz CT molecular complexity index is 1610. The fourth-order valence-electron chi connectivity index (χ4n) is 4.49. The number of rotatable bonds is 4. The number of halogens is 1. The summed E-state index contributed by atoms with van der Waals surface area (Å²) in [6.45, 7) is 9.97. The van der Waals surface area contributed by atoms with E-state index in [9.17, 15) is 14.4 Å². The van der Waals surface area contributed by atoms with Gasteiger partial charge in [-0.05, 0) is 48.6 Å². The lowest BCUT2D eigenvalue weighted by molar-refractivity contribution is 0.0531. The Morgan fingerprint density at radius 1 is 1.16 bits per heavy atom. The summed E-state index contributed by atoms with van der Waals surface area (Å²) in [7, 11) is 0. The molecule has 0 saturated heterocycles. The van der Waals surface area contributed by atoms with E-state index in [0.717, 1.165) is 22.5 Å². The third kappa shape index (κ3) is 4.24. The van der Waals surface area contributed by atoms with E-state index in [-0.39, 0.29) is 39.5 Å². The molecule has 0 radical (unpaired) electrons. The van der Waals surface area contributed by atoms with Gasteiger partial charge in [-0.2, -0.15) is 0 Å². The first-order valence-electron chi connectivity index (χ1n) is 11.9. The molecule has 2 aromatic carbocycles. The maximum absolute atomic E-state index is 13.8. The van der Waals surface area contributed by atoms with E-state index >= 15 is 0 Å². The SMILES string of the molecule is CCOC(=O)c1sc(N2C(=O)c3oc4ccc(Cl)cc4c(=O)c3C2c2ccc(C(C)(C)C)cc2)nc1C. The van der Waals surface area contributed by atoms with E-state index in [1.54, 1.807) is 32.0 Å². The van der Waals surface area contributed by atoms with Crippen molar-refractivity contribution in [1.29, 1.82) is 0 Å². The van der Waals surface area contributed by atoms with Gasteiger partial charge in [0.25, 0.3) is 5.91 Å². The predicted molar refractivity (Wildman–Crippen MR) is 144 cm³/mol. The average molecular weight is 537 g/mol. The molecule has 1 amide bonds. The first-order chi connectivity index (χ1) is 17.5. The van der Waals surface area contributed by atoms with Crippen LogP contribution in [0.15, 0.2) is 51.7 Å². The van der Waals surface area contributed by atoms with Gasteiger partial charge in [0.05, 0.1) is 29.3 Å². The van der Waals surface area contributed by atoms with Crippen molar-refractivity contribution in [2.75, 3.05) is 11.5 Å². The van der Waals surface area contributed by atoms with E-state index in [2.05, 4.69) is 25.8 Å². The molecule has 1 unspecified atom stereocenters. The zero-order chi connectivity index (χ0) is 26.6. The monoisotopic (exact) mass is 536 g/mol. The summed E-state index contributed by atoms with van der Waals surface area (Å²) in [5.41, 5.74) is 2.35. The summed E-state index contributed by atoms with van der Waals surface area (Å²) in [4.78, 5) is 46.3. The Balaban J connectivity index is 1.74. The number of carbonyl (C=O) groups is 2. The Hall–Kier alpha value is -3.49. The van der Waals surface area contributed by atoms with Gasteiger partial charge in [0.1, 0.15) is 10.5 Å². The van der Waals surface area contributed by atoms with Crippen molar-refractivity contribution in [1.82, 2.24) is 4.98 Å². The number of ether oxygens (including phenoxy) is 1. The molecule has 0 fully saturated rings. The number of nitrogens with zero attached hydrogens (tertiary/aromatic N) is 2. The number of benzene rings is 2. The topological polar surface area (TPSA) is 89.7 Å². The van der Waals surface area contributed by atoms with Crippen molar-refractivity contribution in [2.45, 2.75) is 46.1 Å². The van der Waals surface area contributed by atoms with Crippen LogP contribution in [-0.2, 0) is 10.2 Å². The van der Waals surface area contributed by atoms with Crippen LogP contribution in [0.4, 0.5) is 5.13 Å². The zero-order valence-electron chi connectivity index (χ0n) is 21.0. The molecule has 4 aromatic rings. The Morgan fingerprint density at radius 3 is 2.51 bits per heavy atom. The van der Waals surface area contributed by atoms with E-state index in [0.29, 0.717) is 21.0 Å². The van der Waals surface area contributed by atoms with Crippen LogP contribution in [0, 0.1) is 6.92 Å². The molecule has 190 valence electrons. The second-order valence-electron chi connectivity index (χ2n) is 9.90. The summed E-state index contributed by atoms with van der Waals surface area (Å²) in [6.07, 6.45) is 0. The summed E-state index contributed by atoms with van der Waals surface area (Å²) in [6, 6.07) is 11.7. The average Bonchev–Trinajstić information content (AvgIpc) is 3.37. The lowest BCUT2D eigenvalue weighted by Crippen LogP contribution is -2.29. The molecule has 1 aliphatic rings. The van der Waals surface area contributed by atoms with Gasteiger partial charge in [0.2, 0.25) is 5.76 Å². The minimum absolute atomic E-state index is 0.0461. The van der Waals surface area contributed by atoms with Gasteiger partial charge >= 0.3 is 5.97 Å². The number of aromatic nitrogens is 1. The summed E-state index contributed by atoms with van der Waals surface area (Å²) >= 11 is 7.23. The molecular formula is C28H25ClN2O5S. The van der Waals surface area contributed by atoms with Crippen LogP contribution in [-0.4, -0.2) is 23.5 Å². The second kappa shape index (κ2) is 9.11. The Labute approximate surface area is 222 Å². The van der Waals surface area contributed by atoms with Gasteiger partial charge in [-0.25, -0.2) is 9.78 Å². The van der Waals surface area contributed by atoms with Crippen molar-refractivity contribution in [3.05, 3.63) is 90.7 Å². The van der Waals surface area contributed by atoms with E-state index in [4.69, 9.17) is 20.8 Å². The van der Waals surface area contributed by atoms with Crippen LogP contribution in [0.2, 0.25) is 5.02 Å². The van der Waals surface area contributed by atoms with Gasteiger partial charge in [0.15, 0.2) is 10.6 Å². The van der Waals surface area contributed by atoms with E-state index in [1.807, 2.05) is 24.3 Å². The zero-order valence-corrected chi connectivity index (χ0v) is 22.6. The molecular weight excluding hydrogens is 512 g/mol. The minimum atomic E-state index is -0.795. The minimum Gasteiger partial charge on any atom is -0.462 e. The van der Waals surface area contributed by atoms with Gasteiger partial charge in [-0.15, -0.1) is 0 Å². The summed E-state index contributed by atoms with van der Waals surface area (Å²) in [5.74, 6) is -1.05. The number of fused-ring (bicyclic) bond motifs is 2. The molecule has 1 aliphatic heterocycles. The number of hydrogen-bond donors (Lipinski definition) is 0. The fraction of sp³-hybridized carbons (Fsp3) is 0.286. The maximum atomic E-state index is 13.8. The predicted octanol–water partition coefficient (Wildman–Crippen LogP) is 6.44. The second-order valence-corrected chi connectivity index (χ2v) is 11.3. The van der Waals surface area contributed by atoms with Gasteiger partial charge in [0, 0.05) is 5.02 Å². The van der Waals surface area contributed by atoms with Crippen molar-refractivity contribution < 1.29 is 18.7 Å². The molecule has 9 heteroatoms. The standard InChI is InChI=1S/C28H25ClN2O5S/c1-6-35-26(34)24-14(2)30-27(37-24)31-21(15-7-9-16(10-8-15)28(3,4)5)20-22(32)18-13-17(29)11-12-19(18)36-23(20)25(31)33/h7-13,21H,6H2,1-5H3. The molecule has 0 saturated carbocycles. The maximum Gasteiger partial charge on any atom is 0.350 e. The van der Waals surface area contributed by atoms with E-state index in [1.165, 1.54) is 4.90 Å². The van der Waals surface area contributed by atoms with Crippen molar-refractivity contribution in [3.63, 3.8) is 0 Å². The highest BCUT2D eigenvalue weighted by molar-refractivity contribution is 7.17. The number of anilines is 1. The van der Waals surface area contributed by atoms with E-state index < -0.39 is 17.9 Å². The number of carbonyl (C=O) groups excluding carboxylic acids is 2. The molecule has 37 heavy (non-hydrogen) atoms. The van der Waals surface area contributed by atoms with Crippen LogP contribution < -0.4 is 10.3 Å². The first-order valence-corrected chi connectivity index (χ1v) is 13.1. The molecule has 5 rings (SSSR count). The Morgan fingerprint density at radius 2 is 1.86 bits per heavy atom. The van der Waals surface area contributed by atoms with Crippen LogP contribution in [0.1, 0.15) is 76.3 Å². The Kier molecular flexibility index (Phi) is 6.20. The smallest absolute Gasteiger partial charge is 0.350 e. The third-order valence-electron chi connectivity index (χ3n) is 6.38. The number of amides is 1. The summed E-state index contributed by atoms with van der Waals surface area (Å²) in [5, 5.41) is 0.963. The highest BCUT2D eigenvalue weighted by Crippen LogP contribution is 2.43. The van der Waals surface area contributed by atoms with Crippen LogP contribution in [0.3, 0.4) is 0 Å². The van der Waals surface area contributed by atoms with Crippen molar-refractivity contribution in [3.8, 4) is 0 Å². The lowest BCUT2D eigenvalue weighted by atomic mass is 9.86. The number of hydrogen-bond acceptors (Lipinski definition) is 7. The van der Waals surface area contributed by atoms with Crippen LogP contribution in [0.25, 0.3) is 11.0 Å². The fourth-order valence-corrected chi connectivity index (χ4v) is 5.65. The highest BCUT2D eigenvalue weighted by atomic mass is 35.5. The molecule has 3 heterocycles. The molecule has 0 bridgehead atoms. The summed E-state index contributed by atoms with van der Waals surface area (Å²) < 4.78 is 11.2. The molecule has 1 atom stereocenters. The number of esters is 1. The molecule has 0 spiro atoms. The largest absolute Gasteiger partial charge is 0.462 e. The van der Waals surface area contributed by atoms with Crippen LogP contribution in [0.5, 0.6) is 0 Å². The highest BCUT2D eigenvalue weighted by Gasteiger charge is 2.45. The molecule has 2 aromatic heterocycles. The van der Waals surface area contributed by atoms with Gasteiger partial charge in [-0.1, -0.05) is 68.0 Å². The molecule has 0 aliphatic carbocycles. The lowest BCUT2D eigenvalue weighted by Gasteiger charge is -2.24. The third-order valence-corrected chi connectivity index (χ3v) is 7.75. The van der Waals surface area contributed by atoms with Crippen LogP contribution >= 0.6 is 22.9 Å². The molecule has 7 nitrogen and oxygen atoms in total. The van der Waals surface area contributed by atoms with Crippen molar-refractivity contribution in [2.24, 2.45) is 0 Å². The first kappa shape index (κ1) is 25.2. The number of thiazole rings is 1. The quantitative estimate of drug-likeness (QED) is 0.279.